The molecule has 0 radical (unpaired) electrons. The van der Waals surface area contributed by atoms with Gasteiger partial charge < -0.3 is 23.8 Å². The third kappa shape index (κ3) is 4.31. The van der Waals surface area contributed by atoms with Crippen LogP contribution in [0, 0.1) is 0 Å². The first-order valence-corrected chi connectivity index (χ1v) is 10.4. The van der Waals surface area contributed by atoms with Crippen molar-refractivity contribution in [3.63, 3.8) is 0 Å². The Morgan fingerprint density at radius 1 is 1.31 bits per heavy atom. The molecule has 2 atom stereocenters. The smallest absolute Gasteiger partial charge is 0.410 e. The van der Waals surface area contributed by atoms with Gasteiger partial charge in [0.15, 0.2) is 17.3 Å². The van der Waals surface area contributed by atoms with E-state index in [4.69, 9.17) is 18.9 Å². The first-order valence-electron chi connectivity index (χ1n) is 10.4. The van der Waals surface area contributed by atoms with E-state index in [1.807, 2.05) is 0 Å². The Hall–Kier alpha value is -3.40. The summed E-state index contributed by atoms with van der Waals surface area (Å²) in [5, 5.41) is 0.339. The first-order chi connectivity index (χ1) is 15.5. The number of hydrogen-bond acceptors (Lipinski definition) is 8. The number of carbonyl (C=O) groups is 2. The number of benzene rings is 1. The number of piperidine rings is 1. The Morgan fingerprint density at radius 3 is 2.84 bits per heavy atom. The molecule has 1 aromatic heterocycles. The Morgan fingerprint density at radius 2 is 2.09 bits per heavy atom. The molecule has 4 rings (SSSR count). The van der Waals surface area contributed by atoms with Crippen molar-refractivity contribution in [1.29, 1.82) is 0 Å². The molecule has 1 saturated heterocycles. The van der Waals surface area contributed by atoms with Crippen LogP contribution in [-0.4, -0.2) is 65.5 Å². The molecule has 1 unspecified atom stereocenters. The summed E-state index contributed by atoms with van der Waals surface area (Å²) in [5.74, 6) is 0.785. The molecule has 1 aromatic carbocycles. The molecule has 2 aromatic rings. The van der Waals surface area contributed by atoms with Crippen LogP contribution in [0.5, 0.6) is 11.5 Å². The quantitative estimate of drug-likeness (QED) is 0.597. The molecule has 10 heteroatoms. The fourth-order valence-corrected chi connectivity index (χ4v) is 4.13. The fraction of sp³-hybridized carbons (Fsp3) is 0.455. The van der Waals surface area contributed by atoms with Crippen LogP contribution in [0.2, 0.25) is 0 Å². The molecule has 1 amide bonds. The lowest BCUT2D eigenvalue weighted by molar-refractivity contribution is -0.122. The molecular weight excluding hydrogens is 418 g/mol. The molecule has 3 heterocycles. The number of amides is 1. The van der Waals surface area contributed by atoms with Crippen LogP contribution in [-0.2, 0) is 20.8 Å². The van der Waals surface area contributed by atoms with E-state index in [1.165, 1.54) is 21.9 Å². The average molecular weight is 443 g/mol. The average Bonchev–Trinajstić information content (AvgIpc) is 3.26. The van der Waals surface area contributed by atoms with Gasteiger partial charge in [-0.3, -0.25) is 14.2 Å². The maximum atomic E-state index is 12.9. The molecular formula is C22H25N3O7. The minimum atomic E-state index is -0.509. The van der Waals surface area contributed by atoms with E-state index in [2.05, 4.69) is 11.6 Å². The zero-order valence-electron chi connectivity index (χ0n) is 17.8. The highest BCUT2D eigenvalue weighted by Crippen LogP contribution is 2.34. The summed E-state index contributed by atoms with van der Waals surface area (Å²) in [6, 6.07) is 2.74. The summed E-state index contributed by atoms with van der Waals surface area (Å²) in [7, 11) is 1.56. The normalized spacial score (nSPS) is 19.7. The molecule has 2 aliphatic heterocycles. The minimum absolute atomic E-state index is 0.0350. The number of ether oxygens (including phenoxy) is 4. The molecule has 32 heavy (non-hydrogen) atoms. The molecule has 0 aliphatic carbocycles. The summed E-state index contributed by atoms with van der Waals surface area (Å²) < 4.78 is 22.6. The fourth-order valence-electron chi connectivity index (χ4n) is 4.13. The van der Waals surface area contributed by atoms with Gasteiger partial charge in [0.1, 0.15) is 6.61 Å². The zero-order valence-corrected chi connectivity index (χ0v) is 17.8. The van der Waals surface area contributed by atoms with Gasteiger partial charge in [0.05, 0.1) is 35.9 Å². The summed E-state index contributed by atoms with van der Waals surface area (Å²) in [4.78, 5) is 44.1. The van der Waals surface area contributed by atoms with Crippen molar-refractivity contribution in [3.05, 3.63) is 41.5 Å². The minimum Gasteiger partial charge on any atom is -0.454 e. The standard InChI is InChI=1S/C22H25N3O7/c1-3-7-30-22(28)25-6-4-5-18(29-2)17(25)8-14(26)11-24-12-23-16-10-20-19(31-13-32-20)9-15(16)21(24)27/h3,9-10,12,17-18H,1,4-8,11,13H2,2H3/t17-,18?/m1/s1. The summed E-state index contributed by atoms with van der Waals surface area (Å²) in [6.07, 6.45) is 3.53. The molecule has 0 bridgehead atoms. The van der Waals surface area contributed by atoms with Crippen LogP contribution in [0.15, 0.2) is 35.9 Å². The molecule has 0 saturated carbocycles. The lowest BCUT2D eigenvalue weighted by atomic mass is 9.94. The van der Waals surface area contributed by atoms with E-state index < -0.39 is 12.1 Å². The Labute approximate surface area is 184 Å². The van der Waals surface area contributed by atoms with Crippen molar-refractivity contribution < 1.29 is 28.5 Å². The van der Waals surface area contributed by atoms with Crippen molar-refractivity contribution in [1.82, 2.24) is 14.5 Å². The van der Waals surface area contributed by atoms with Crippen LogP contribution in [0.25, 0.3) is 10.9 Å². The monoisotopic (exact) mass is 443 g/mol. The number of carbonyl (C=O) groups excluding carboxylic acids is 2. The van der Waals surface area contributed by atoms with Crippen LogP contribution in [0.4, 0.5) is 4.79 Å². The largest absolute Gasteiger partial charge is 0.454 e. The number of aromatic nitrogens is 2. The van der Waals surface area contributed by atoms with E-state index in [1.54, 1.807) is 19.2 Å². The van der Waals surface area contributed by atoms with Gasteiger partial charge in [-0.25, -0.2) is 9.78 Å². The topological polar surface area (TPSA) is 109 Å². The highest BCUT2D eigenvalue weighted by atomic mass is 16.7. The van der Waals surface area contributed by atoms with Gasteiger partial charge >= 0.3 is 6.09 Å². The molecule has 0 N–H and O–H groups in total. The Balaban J connectivity index is 1.52. The first kappa shape index (κ1) is 21.8. The van der Waals surface area contributed by atoms with Crippen molar-refractivity contribution in [3.8, 4) is 11.5 Å². The number of nitrogens with zero attached hydrogens (tertiary/aromatic N) is 3. The van der Waals surface area contributed by atoms with Gasteiger partial charge in [-0.05, 0) is 18.9 Å². The van der Waals surface area contributed by atoms with Crippen LogP contribution >= 0.6 is 0 Å². The van der Waals surface area contributed by atoms with E-state index >= 15 is 0 Å². The van der Waals surface area contributed by atoms with Gasteiger partial charge in [0, 0.05) is 26.1 Å². The molecule has 1 fully saturated rings. The Bertz CT molecular complexity index is 1100. The van der Waals surface area contributed by atoms with Gasteiger partial charge in [-0.1, -0.05) is 12.7 Å². The number of methoxy groups -OCH3 is 1. The Kier molecular flexibility index (Phi) is 6.40. The maximum absolute atomic E-state index is 12.9. The highest BCUT2D eigenvalue weighted by Gasteiger charge is 2.36. The second kappa shape index (κ2) is 9.39. The third-order valence-electron chi connectivity index (χ3n) is 5.68. The number of fused-ring (bicyclic) bond motifs is 2. The molecule has 10 nitrogen and oxygen atoms in total. The van der Waals surface area contributed by atoms with Crippen molar-refractivity contribution >= 4 is 22.8 Å². The van der Waals surface area contributed by atoms with E-state index in [9.17, 15) is 14.4 Å². The zero-order chi connectivity index (χ0) is 22.7. The summed E-state index contributed by atoms with van der Waals surface area (Å²) >= 11 is 0. The third-order valence-corrected chi connectivity index (χ3v) is 5.68. The molecule has 170 valence electrons. The predicted molar refractivity (Wildman–Crippen MR) is 114 cm³/mol. The van der Waals surface area contributed by atoms with E-state index in [-0.39, 0.29) is 43.8 Å². The number of likely N-dealkylation sites (tertiary alicyclic amines) is 1. The predicted octanol–water partition coefficient (Wildman–Crippen LogP) is 1.89. The number of ketones is 1. The van der Waals surface area contributed by atoms with Crippen molar-refractivity contribution in [2.75, 3.05) is 27.1 Å². The second-order valence-electron chi connectivity index (χ2n) is 7.69. The summed E-state index contributed by atoms with van der Waals surface area (Å²) in [5.41, 5.74) is 0.113. The van der Waals surface area contributed by atoms with Crippen molar-refractivity contribution in [2.24, 2.45) is 0 Å². The van der Waals surface area contributed by atoms with Crippen LogP contribution in [0.1, 0.15) is 19.3 Å². The number of hydrogen-bond donors (Lipinski definition) is 0. The number of rotatable bonds is 7. The number of Topliss-reactive ketones (excluding diaryl/α,β-unsaturated/α-hetero) is 1. The van der Waals surface area contributed by atoms with Gasteiger partial charge in [0.25, 0.3) is 5.56 Å². The SMILES string of the molecule is C=CCOC(=O)N1CCCC(OC)[C@H]1CC(=O)Cn1cnc2cc3c(cc2c1=O)OCO3. The van der Waals surface area contributed by atoms with Crippen molar-refractivity contribution in [2.45, 2.75) is 38.0 Å². The van der Waals surface area contributed by atoms with Gasteiger partial charge in [-0.15, -0.1) is 0 Å². The van der Waals surface area contributed by atoms with Gasteiger partial charge in [0.2, 0.25) is 6.79 Å². The molecule has 0 spiro atoms. The highest BCUT2D eigenvalue weighted by molar-refractivity contribution is 5.83. The lowest BCUT2D eigenvalue weighted by Gasteiger charge is -2.39. The summed E-state index contributed by atoms with van der Waals surface area (Å²) in [6.45, 7) is 4.02. The van der Waals surface area contributed by atoms with Crippen LogP contribution < -0.4 is 15.0 Å². The van der Waals surface area contributed by atoms with Crippen LogP contribution in [0.3, 0.4) is 0 Å². The molecule has 2 aliphatic rings. The van der Waals surface area contributed by atoms with E-state index in [0.29, 0.717) is 28.9 Å². The maximum Gasteiger partial charge on any atom is 0.410 e. The van der Waals surface area contributed by atoms with E-state index in [0.717, 1.165) is 12.8 Å². The lowest BCUT2D eigenvalue weighted by Crippen LogP contribution is -2.53. The second-order valence-corrected chi connectivity index (χ2v) is 7.69. The van der Waals surface area contributed by atoms with Gasteiger partial charge in [-0.2, -0.15) is 0 Å².